The zero-order chi connectivity index (χ0) is 14.8. The molecule has 2 aliphatic heterocycles. The lowest BCUT2D eigenvalue weighted by molar-refractivity contribution is 0.0884. The third-order valence-corrected chi connectivity index (χ3v) is 4.71. The van der Waals surface area contributed by atoms with E-state index in [0.717, 1.165) is 38.1 Å². The van der Waals surface area contributed by atoms with Crippen molar-refractivity contribution in [2.75, 3.05) is 26.7 Å². The number of piperidine rings is 1. The highest BCUT2D eigenvalue weighted by Gasteiger charge is 2.28. The molecule has 0 unspecified atom stereocenters. The second-order valence-corrected chi connectivity index (χ2v) is 5.86. The number of methoxy groups -OCH3 is 1. The van der Waals surface area contributed by atoms with Crippen LogP contribution in [0.15, 0.2) is 18.2 Å². The summed E-state index contributed by atoms with van der Waals surface area (Å²) in [6.07, 6.45) is 2.15. The third-order valence-electron chi connectivity index (χ3n) is 4.71. The molecule has 114 valence electrons. The van der Waals surface area contributed by atoms with Crippen LogP contribution in [0.5, 0.6) is 5.75 Å². The van der Waals surface area contributed by atoms with Crippen molar-refractivity contribution in [3.05, 3.63) is 29.3 Å². The van der Waals surface area contributed by atoms with Crippen molar-refractivity contribution >= 4 is 6.09 Å². The molecule has 2 aliphatic rings. The van der Waals surface area contributed by atoms with Crippen LogP contribution in [0.3, 0.4) is 0 Å². The molecule has 1 fully saturated rings. The van der Waals surface area contributed by atoms with E-state index >= 15 is 0 Å². The smallest absolute Gasteiger partial charge is 0.407 e. The maximum atomic E-state index is 11.0. The van der Waals surface area contributed by atoms with Crippen molar-refractivity contribution in [2.24, 2.45) is 0 Å². The predicted octanol–water partition coefficient (Wildman–Crippen LogP) is 2.20. The van der Waals surface area contributed by atoms with Crippen molar-refractivity contribution in [3.63, 3.8) is 0 Å². The van der Waals surface area contributed by atoms with Gasteiger partial charge < -0.3 is 14.7 Å². The normalized spacial score (nSPS) is 20.1. The van der Waals surface area contributed by atoms with Gasteiger partial charge in [0, 0.05) is 32.2 Å². The Kier molecular flexibility index (Phi) is 4.01. The molecule has 1 N–H and O–H groups in total. The summed E-state index contributed by atoms with van der Waals surface area (Å²) >= 11 is 0. The first-order valence-electron chi connectivity index (χ1n) is 7.55. The molecule has 0 aliphatic carbocycles. The Morgan fingerprint density at radius 3 is 2.67 bits per heavy atom. The Morgan fingerprint density at radius 1 is 1.24 bits per heavy atom. The van der Waals surface area contributed by atoms with Crippen molar-refractivity contribution in [1.82, 2.24) is 9.80 Å². The molecule has 21 heavy (non-hydrogen) atoms. The predicted molar refractivity (Wildman–Crippen MR) is 79.7 cm³/mol. The van der Waals surface area contributed by atoms with Crippen LogP contribution in [0, 0.1) is 0 Å². The van der Waals surface area contributed by atoms with Crippen molar-refractivity contribution < 1.29 is 14.6 Å². The van der Waals surface area contributed by atoms with Gasteiger partial charge in [0.2, 0.25) is 0 Å². The monoisotopic (exact) mass is 290 g/mol. The summed E-state index contributed by atoms with van der Waals surface area (Å²) < 4.78 is 5.31. The highest BCUT2D eigenvalue weighted by molar-refractivity contribution is 5.65. The summed E-state index contributed by atoms with van der Waals surface area (Å²) in [5.41, 5.74) is 2.76. The quantitative estimate of drug-likeness (QED) is 0.907. The van der Waals surface area contributed by atoms with E-state index in [1.807, 2.05) is 6.07 Å². The number of carbonyl (C=O) groups is 1. The van der Waals surface area contributed by atoms with Gasteiger partial charge in [-0.3, -0.25) is 4.90 Å². The Balaban J connectivity index is 1.65. The summed E-state index contributed by atoms with van der Waals surface area (Å²) in [4.78, 5) is 15.0. The number of fused-ring (bicyclic) bond motifs is 1. The van der Waals surface area contributed by atoms with Gasteiger partial charge >= 0.3 is 6.09 Å². The van der Waals surface area contributed by atoms with Gasteiger partial charge in [-0.25, -0.2) is 4.79 Å². The molecule has 2 heterocycles. The molecule has 1 amide bonds. The van der Waals surface area contributed by atoms with Gasteiger partial charge in [0.15, 0.2) is 0 Å². The van der Waals surface area contributed by atoms with E-state index in [1.54, 1.807) is 7.11 Å². The van der Waals surface area contributed by atoms with E-state index in [0.29, 0.717) is 19.1 Å². The molecule has 1 aromatic carbocycles. The maximum absolute atomic E-state index is 11.0. The molecule has 5 heteroatoms. The van der Waals surface area contributed by atoms with Crippen LogP contribution in [0.25, 0.3) is 0 Å². The lowest BCUT2D eigenvalue weighted by atomic mass is 9.95. The van der Waals surface area contributed by atoms with Gasteiger partial charge in [0.25, 0.3) is 0 Å². The lowest BCUT2D eigenvalue weighted by Crippen LogP contribution is -2.47. The minimum absolute atomic E-state index is 0.500. The average Bonchev–Trinajstić information content (AvgIpc) is 2.53. The summed E-state index contributed by atoms with van der Waals surface area (Å²) in [6.45, 7) is 3.32. The largest absolute Gasteiger partial charge is 0.497 e. The van der Waals surface area contributed by atoms with Gasteiger partial charge in [-0.2, -0.15) is 0 Å². The zero-order valence-electron chi connectivity index (χ0n) is 12.4. The van der Waals surface area contributed by atoms with Gasteiger partial charge in [0.05, 0.1) is 7.11 Å². The summed E-state index contributed by atoms with van der Waals surface area (Å²) in [7, 11) is 1.70. The molecule has 1 aromatic rings. The molecule has 1 saturated heterocycles. The minimum atomic E-state index is -0.790. The molecule has 0 radical (unpaired) electrons. The van der Waals surface area contributed by atoms with Crippen LogP contribution < -0.4 is 4.74 Å². The molecule has 0 aromatic heterocycles. The minimum Gasteiger partial charge on any atom is -0.497 e. The maximum Gasteiger partial charge on any atom is 0.407 e. The molecular weight excluding hydrogens is 268 g/mol. The van der Waals surface area contributed by atoms with Crippen molar-refractivity contribution in [2.45, 2.75) is 31.8 Å². The zero-order valence-corrected chi connectivity index (χ0v) is 12.4. The fraction of sp³-hybridized carbons (Fsp3) is 0.562. The van der Waals surface area contributed by atoms with E-state index in [-0.39, 0.29) is 0 Å². The summed E-state index contributed by atoms with van der Waals surface area (Å²) in [5.74, 6) is 0.913. The highest BCUT2D eigenvalue weighted by atomic mass is 16.5. The van der Waals surface area contributed by atoms with Gasteiger partial charge in [0.1, 0.15) is 5.75 Å². The number of hydrogen-bond donors (Lipinski definition) is 1. The topological polar surface area (TPSA) is 53.0 Å². The summed E-state index contributed by atoms with van der Waals surface area (Å²) in [5, 5.41) is 9.02. The molecular formula is C16H22N2O3. The SMILES string of the molecule is COc1ccc2c(c1)CN(C1CCN(C(=O)O)CC1)CC2. The van der Waals surface area contributed by atoms with E-state index < -0.39 is 6.09 Å². The number of likely N-dealkylation sites (tertiary alicyclic amines) is 1. The van der Waals surface area contributed by atoms with Gasteiger partial charge in [-0.05, 0) is 42.5 Å². The van der Waals surface area contributed by atoms with Crippen molar-refractivity contribution in [1.29, 1.82) is 0 Å². The van der Waals surface area contributed by atoms with E-state index in [4.69, 9.17) is 9.84 Å². The van der Waals surface area contributed by atoms with Crippen LogP contribution in [-0.4, -0.2) is 53.8 Å². The first-order chi connectivity index (χ1) is 10.2. The van der Waals surface area contributed by atoms with Crippen LogP contribution in [0.2, 0.25) is 0 Å². The van der Waals surface area contributed by atoms with Crippen LogP contribution in [0.1, 0.15) is 24.0 Å². The number of hydrogen-bond acceptors (Lipinski definition) is 3. The highest BCUT2D eigenvalue weighted by Crippen LogP contribution is 2.27. The van der Waals surface area contributed by atoms with Crippen LogP contribution >= 0.6 is 0 Å². The van der Waals surface area contributed by atoms with E-state index in [1.165, 1.54) is 16.0 Å². The number of carboxylic acid groups (broad SMARTS) is 1. The summed E-state index contributed by atoms with van der Waals surface area (Å²) in [6, 6.07) is 6.83. The number of amides is 1. The Hall–Kier alpha value is -1.75. The number of nitrogens with zero attached hydrogens (tertiary/aromatic N) is 2. The van der Waals surface area contributed by atoms with Gasteiger partial charge in [-0.1, -0.05) is 6.07 Å². The average molecular weight is 290 g/mol. The van der Waals surface area contributed by atoms with E-state index in [9.17, 15) is 4.79 Å². The Morgan fingerprint density at radius 2 is 2.00 bits per heavy atom. The third kappa shape index (κ3) is 2.97. The fourth-order valence-corrected chi connectivity index (χ4v) is 3.42. The first kappa shape index (κ1) is 14.2. The van der Waals surface area contributed by atoms with Crippen molar-refractivity contribution in [3.8, 4) is 5.75 Å². The standard InChI is InChI=1S/C16H22N2O3/c1-21-15-3-2-12-4-7-18(11-13(12)10-15)14-5-8-17(9-6-14)16(19)20/h2-3,10,14H,4-9,11H2,1H3,(H,19,20). The van der Waals surface area contributed by atoms with E-state index in [2.05, 4.69) is 17.0 Å². The Labute approximate surface area is 125 Å². The Bertz CT molecular complexity index is 524. The second-order valence-electron chi connectivity index (χ2n) is 5.86. The molecule has 0 spiro atoms. The fourth-order valence-electron chi connectivity index (χ4n) is 3.42. The molecule has 0 saturated carbocycles. The van der Waals surface area contributed by atoms with Crippen LogP contribution in [-0.2, 0) is 13.0 Å². The van der Waals surface area contributed by atoms with Gasteiger partial charge in [-0.15, -0.1) is 0 Å². The molecule has 3 rings (SSSR count). The second kappa shape index (κ2) is 5.93. The molecule has 5 nitrogen and oxygen atoms in total. The number of ether oxygens (including phenoxy) is 1. The first-order valence-corrected chi connectivity index (χ1v) is 7.55. The number of rotatable bonds is 2. The molecule has 0 atom stereocenters. The number of benzene rings is 1. The molecule has 0 bridgehead atoms. The lowest BCUT2D eigenvalue weighted by Gasteiger charge is -2.40. The van der Waals surface area contributed by atoms with Crippen LogP contribution in [0.4, 0.5) is 4.79 Å².